The molecule has 0 radical (unpaired) electrons. The fraction of sp³-hybridized carbons (Fsp3) is 0.294. The van der Waals surface area contributed by atoms with Gasteiger partial charge in [-0.3, -0.25) is 14.2 Å². The smallest absolute Gasteiger partial charge is 0.197 e. The Bertz CT molecular complexity index is 2030. The van der Waals surface area contributed by atoms with Crippen molar-refractivity contribution in [2.45, 2.75) is 47.5 Å². The highest BCUT2D eigenvalue weighted by atomic mass is 32.2. The Hall–Kier alpha value is -4.36. The molecular formula is C34H32F2N6O3S2. The Balaban J connectivity index is 0.000000150. The van der Waals surface area contributed by atoms with Crippen LogP contribution in [0.3, 0.4) is 0 Å². The third-order valence-electron chi connectivity index (χ3n) is 7.64. The first-order chi connectivity index (χ1) is 22.9. The molecule has 2 fully saturated rings. The molecule has 13 heteroatoms. The van der Waals surface area contributed by atoms with E-state index in [-0.39, 0.29) is 17.4 Å². The van der Waals surface area contributed by atoms with Gasteiger partial charge in [0.15, 0.2) is 10.3 Å². The summed E-state index contributed by atoms with van der Waals surface area (Å²) in [5.74, 6) is 3.31. The van der Waals surface area contributed by atoms with Gasteiger partial charge < -0.3 is 19.4 Å². The largest absolute Gasteiger partial charge is 0.493 e. The number of ether oxygens (including phenoxy) is 2. The van der Waals surface area contributed by atoms with Gasteiger partial charge in [-0.1, -0.05) is 11.8 Å². The molecular weight excluding hydrogens is 643 g/mol. The molecule has 2 aliphatic rings. The van der Waals surface area contributed by atoms with Crippen LogP contribution in [0.25, 0.3) is 22.1 Å². The topological polar surface area (TPSA) is 119 Å². The number of hydrogen-bond acceptors (Lipinski definition) is 8. The maximum absolute atomic E-state index is 13.2. The summed E-state index contributed by atoms with van der Waals surface area (Å²) in [7, 11) is -1.39. The number of pyridine rings is 2. The van der Waals surface area contributed by atoms with E-state index in [2.05, 4.69) is 29.9 Å². The zero-order chi connectivity index (χ0) is 32.2. The van der Waals surface area contributed by atoms with Crippen molar-refractivity contribution in [3.8, 4) is 11.5 Å². The fourth-order valence-corrected chi connectivity index (χ4v) is 6.46. The molecule has 9 nitrogen and oxygen atoms in total. The second-order valence-corrected chi connectivity index (χ2v) is 14.0. The van der Waals surface area contributed by atoms with Crippen LogP contribution < -0.4 is 9.47 Å². The zero-order valence-corrected chi connectivity index (χ0v) is 27.0. The van der Waals surface area contributed by atoms with Crippen molar-refractivity contribution in [2.75, 3.05) is 13.2 Å². The van der Waals surface area contributed by atoms with Crippen molar-refractivity contribution < 1.29 is 22.5 Å². The van der Waals surface area contributed by atoms with Crippen molar-refractivity contribution in [1.29, 1.82) is 0 Å². The fourth-order valence-electron chi connectivity index (χ4n) is 4.68. The first-order valence-corrected chi connectivity index (χ1v) is 17.7. The van der Waals surface area contributed by atoms with Crippen LogP contribution in [0.1, 0.15) is 37.1 Å². The highest BCUT2D eigenvalue weighted by Crippen LogP contribution is 2.31. The van der Waals surface area contributed by atoms with Gasteiger partial charge in [-0.05, 0) is 86.1 Å². The molecule has 4 heterocycles. The molecule has 2 saturated carbocycles. The summed E-state index contributed by atoms with van der Waals surface area (Å²) in [5, 5.41) is 1.08. The minimum absolute atomic E-state index is 0.225. The number of aromatic nitrogens is 6. The number of hydrogen-bond donors (Lipinski definition) is 2. The van der Waals surface area contributed by atoms with E-state index >= 15 is 0 Å². The molecule has 0 aliphatic heterocycles. The maximum Gasteiger partial charge on any atom is 0.197 e. The first kappa shape index (κ1) is 31.3. The second kappa shape index (κ2) is 14.2. The molecule has 0 bridgehead atoms. The lowest BCUT2D eigenvalue weighted by Crippen LogP contribution is -2.03. The normalized spacial score (nSPS) is 14.9. The molecule has 242 valence electrons. The van der Waals surface area contributed by atoms with E-state index in [9.17, 15) is 13.0 Å². The molecule has 2 aromatic carbocycles. The van der Waals surface area contributed by atoms with Crippen LogP contribution >= 0.6 is 11.8 Å². The van der Waals surface area contributed by atoms with Crippen LogP contribution in [-0.4, -0.2) is 47.3 Å². The molecule has 2 N–H and O–H groups in total. The van der Waals surface area contributed by atoms with Gasteiger partial charge in [-0.25, -0.2) is 18.7 Å². The summed E-state index contributed by atoms with van der Waals surface area (Å²) in [6.45, 7) is 1.52. The average molecular weight is 675 g/mol. The quantitative estimate of drug-likeness (QED) is 0.129. The van der Waals surface area contributed by atoms with E-state index in [4.69, 9.17) is 9.47 Å². The number of benzene rings is 2. The Morgan fingerprint density at radius 1 is 0.745 bits per heavy atom. The molecule has 47 heavy (non-hydrogen) atoms. The van der Waals surface area contributed by atoms with E-state index < -0.39 is 10.8 Å². The standard InChI is InChI=1S/C17H16FN3O2S.C17H16FN3OS/c18-12-3-4-15-16(7-12)21-17(20-15)24(22)10-13-8-14(5-6-19-13)23-9-11-1-2-11;18-12-3-4-15-16(7-12)21-17(20-15)23-10-13-8-14(5-6-19-13)22-9-11-1-2-11/h3-8,11H,1-2,9-10H2,(H,20,21);3-8,11H,1-2,9-10H2,(H,20,21). The highest BCUT2D eigenvalue weighted by Gasteiger charge is 2.23. The molecule has 4 aromatic heterocycles. The number of imidazole rings is 2. The molecule has 6 aromatic rings. The highest BCUT2D eigenvalue weighted by molar-refractivity contribution is 7.98. The Morgan fingerprint density at radius 2 is 1.32 bits per heavy atom. The van der Waals surface area contributed by atoms with E-state index in [1.54, 1.807) is 42.4 Å². The van der Waals surface area contributed by atoms with Crippen LogP contribution in [0.4, 0.5) is 8.78 Å². The Labute approximate surface area is 276 Å². The molecule has 0 saturated heterocycles. The maximum atomic E-state index is 13.2. The minimum atomic E-state index is -1.39. The lowest BCUT2D eigenvalue weighted by Gasteiger charge is -2.06. The van der Waals surface area contributed by atoms with E-state index in [0.717, 1.165) is 47.0 Å². The summed E-state index contributed by atoms with van der Waals surface area (Å²) in [6, 6.07) is 16.3. The van der Waals surface area contributed by atoms with Gasteiger partial charge in [0.1, 0.15) is 23.1 Å². The second-order valence-electron chi connectivity index (χ2n) is 11.7. The number of fused-ring (bicyclic) bond motifs is 2. The van der Waals surface area contributed by atoms with Crippen molar-refractivity contribution >= 4 is 44.6 Å². The number of thioether (sulfide) groups is 1. The monoisotopic (exact) mass is 674 g/mol. The number of aromatic amines is 2. The molecule has 8 rings (SSSR count). The minimum Gasteiger partial charge on any atom is -0.493 e. The third-order valence-corrected chi connectivity index (χ3v) is 9.73. The molecule has 1 unspecified atom stereocenters. The zero-order valence-electron chi connectivity index (χ0n) is 25.3. The van der Waals surface area contributed by atoms with Gasteiger partial charge in [0.2, 0.25) is 0 Å². The first-order valence-electron chi connectivity index (χ1n) is 15.4. The van der Waals surface area contributed by atoms with Gasteiger partial charge >= 0.3 is 0 Å². The van der Waals surface area contributed by atoms with Crippen molar-refractivity contribution in [3.63, 3.8) is 0 Å². The van der Waals surface area contributed by atoms with Crippen molar-refractivity contribution in [3.05, 3.63) is 96.1 Å². The van der Waals surface area contributed by atoms with Crippen LogP contribution in [0.2, 0.25) is 0 Å². The molecule has 1 atom stereocenters. The number of nitrogens with zero attached hydrogens (tertiary/aromatic N) is 4. The van der Waals surface area contributed by atoms with Crippen molar-refractivity contribution in [2.24, 2.45) is 11.8 Å². The van der Waals surface area contributed by atoms with E-state index in [0.29, 0.717) is 39.1 Å². The van der Waals surface area contributed by atoms with Crippen molar-refractivity contribution in [1.82, 2.24) is 29.9 Å². The number of H-pyrrole nitrogens is 2. The Morgan fingerprint density at radius 3 is 1.96 bits per heavy atom. The van der Waals surface area contributed by atoms with E-state index in [1.807, 2.05) is 18.2 Å². The predicted octanol–water partition coefficient (Wildman–Crippen LogP) is 7.37. The number of halogens is 2. The SMILES string of the molecule is Fc1ccc2nc(SCc3cc(OCC4CC4)ccn3)[nH]c2c1.O=S(Cc1cc(OCC2CC2)ccn1)c1nc2ccc(F)cc2[nH]1. The van der Waals surface area contributed by atoms with Gasteiger partial charge in [0.05, 0.1) is 63.2 Å². The molecule has 0 spiro atoms. The van der Waals surface area contributed by atoms with Gasteiger partial charge in [-0.15, -0.1) is 0 Å². The van der Waals surface area contributed by atoms with E-state index in [1.165, 1.54) is 49.9 Å². The van der Waals surface area contributed by atoms with Gasteiger partial charge in [-0.2, -0.15) is 0 Å². The lowest BCUT2D eigenvalue weighted by atomic mass is 10.3. The van der Waals surface area contributed by atoms with Gasteiger partial charge in [0.25, 0.3) is 0 Å². The third kappa shape index (κ3) is 8.72. The average Bonchev–Trinajstić information content (AvgIpc) is 4.00. The summed E-state index contributed by atoms with van der Waals surface area (Å²) in [6.07, 6.45) is 8.44. The van der Waals surface area contributed by atoms with Crippen LogP contribution in [0, 0.1) is 23.5 Å². The number of rotatable bonds is 12. The number of nitrogens with one attached hydrogen (secondary N) is 2. The lowest BCUT2D eigenvalue weighted by molar-refractivity contribution is 0.299. The predicted molar refractivity (Wildman–Crippen MR) is 177 cm³/mol. The summed E-state index contributed by atoms with van der Waals surface area (Å²) < 4.78 is 50.4. The van der Waals surface area contributed by atoms with Gasteiger partial charge in [0, 0.05) is 30.3 Å². The van der Waals surface area contributed by atoms with Crippen LogP contribution in [0.15, 0.2) is 83.4 Å². The summed E-state index contributed by atoms with van der Waals surface area (Å²) in [5.41, 5.74) is 4.22. The summed E-state index contributed by atoms with van der Waals surface area (Å²) in [4.78, 5) is 23.3. The van der Waals surface area contributed by atoms with Crippen LogP contribution in [-0.2, 0) is 22.3 Å². The Kier molecular flexibility index (Phi) is 9.43. The van der Waals surface area contributed by atoms with Crippen LogP contribution in [0.5, 0.6) is 11.5 Å². The molecule has 0 amide bonds. The molecule has 2 aliphatic carbocycles. The summed E-state index contributed by atoms with van der Waals surface area (Å²) >= 11 is 1.54.